The first-order chi connectivity index (χ1) is 18.8. The molecule has 206 valence electrons. The Hall–Kier alpha value is -3.85. The lowest BCUT2D eigenvalue weighted by atomic mass is 9.98. The normalized spacial score (nSPS) is 22.8. The second-order valence-corrected chi connectivity index (χ2v) is 10.8. The average Bonchev–Trinajstić information content (AvgIpc) is 3.29. The van der Waals surface area contributed by atoms with Crippen molar-refractivity contribution >= 4 is 28.9 Å². The minimum atomic E-state index is -1.15. The molecule has 2 unspecified atom stereocenters. The minimum absolute atomic E-state index is 0.221. The first-order valence-electron chi connectivity index (χ1n) is 13.6. The summed E-state index contributed by atoms with van der Waals surface area (Å²) in [6.45, 7) is 12.1. The van der Waals surface area contributed by atoms with E-state index in [9.17, 15) is 9.18 Å². The predicted octanol–water partition coefficient (Wildman–Crippen LogP) is 4.01. The number of amides is 1. The summed E-state index contributed by atoms with van der Waals surface area (Å²) in [4.78, 5) is 22.6. The lowest BCUT2D eigenvalue weighted by Crippen LogP contribution is -2.48. The van der Waals surface area contributed by atoms with E-state index in [1.165, 1.54) is 11.8 Å². The highest BCUT2D eigenvalue weighted by Gasteiger charge is 2.37. The highest BCUT2D eigenvalue weighted by molar-refractivity contribution is 6.02. The van der Waals surface area contributed by atoms with Crippen LogP contribution < -0.4 is 26.2 Å². The smallest absolute Gasteiger partial charge is 0.253 e. The van der Waals surface area contributed by atoms with Crippen LogP contribution >= 0.6 is 0 Å². The number of likely N-dealkylation sites (N-methyl/N-ethyl adjacent to an activating group) is 1. The molecule has 1 fully saturated rings. The summed E-state index contributed by atoms with van der Waals surface area (Å²) < 4.78 is 15.0. The third-order valence-corrected chi connectivity index (χ3v) is 7.84. The Morgan fingerprint density at radius 1 is 1.21 bits per heavy atom. The number of carbonyl (C=O) groups excluding carboxylic acids is 1. The number of piperazine rings is 1. The predicted molar refractivity (Wildman–Crippen MR) is 157 cm³/mol. The largest absolute Gasteiger partial charge is 0.369 e. The third kappa shape index (κ3) is 5.78. The van der Waals surface area contributed by atoms with E-state index in [0.717, 1.165) is 55.8 Å². The van der Waals surface area contributed by atoms with E-state index in [1.807, 2.05) is 25.1 Å². The molecule has 2 aliphatic heterocycles. The Labute approximate surface area is 230 Å². The molecule has 0 radical (unpaired) electrons. The van der Waals surface area contributed by atoms with Gasteiger partial charge in [0.25, 0.3) is 5.91 Å². The molecule has 9 heteroatoms. The molecule has 2 atom stereocenters. The molecule has 5 rings (SSSR count). The Kier molecular flexibility index (Phi) is 7.61. The van der Waals surface area contributed by atoms with Crippen molar-refractivity contribution in [2.45, 2.75) is 38.3 Å². The second kappa shape index (κ2) is 11.1. The molecule has 3 aliphatic rings. The molecule has 0 spiro atoms. The van der Waals surface area contributed by atoms with Crippen molar-refractivity contribution in [3.8, 4) is 0 Å². The number of halogens is 1. The number of rotatable bonds is 7. The number of hydrogen-bond acceptors (Lipinski definition) is 7. The van der Waals surface area contributed by atoms with Crippen LogP contribution in [0.5, 0.6) is 0 Å². The molecule has 1 saturated heterocycles. The maximum absolute atomic E-state index is 15.0. The van der Waals surface area contributed by atoms with E-state index >= 15 is 0 Å². The topological polar surface area (TPSA) is 84.0 Å². The van der Waals surface area contributed by atoms with E-state index in [2.05, 4.69) is 63.8 Å². The van der Waals surface area contributed by atoms with Crippen LogP contribution in [0.3, 0.4) is 0 Å². The molecule has 0 aromatic heterocycles. The number of nitrogens with zero attached hydrogens (tertiary/aromatic N) is 3. The van der Waals surface area contributed by atoms with Gasteiger partial charge in [-0.05, 0) is 80.3 Å². The van der Waals surface area contributed by atoms with Gasteiger partial charge in [-0.15, -0.1) is 6.58 Å². The lowest BCUT2D eigenvalue weighted by molar-refractivity contribution is -0.117. The number of carbonyl (C=O) groups is 1. The summed E-state index contributed by atoms with van der Waals surface area (Å²) in [7, 11) is 2.15. The summed E-state index contributed by atoms with van der Waals surface area (Å²) in [6, 6.07) is 11.7. The van der Waals surface area contributed by atoms with E-state index in [0.29, 0.717) is 23.8 Å². The molecule has 2 heterocycles. The molecule has 8 nitrogen and oxygen atoms in total. The van der Waals surface area contributed by atoms with Crippen LogP contribution in [0, 0.1) is 5.82 Å². The van der Waals surface area contributed by atoms with E-state index in [-0.39, 0.29) is 17.6 Å². The van der Waals surface area contributed by atoms with Crippen LogP contribution in [-0.2, 0) is 11.2 Å². The second-order valence-electron chi connectivity index (χ2n) is 10.8. The van der Waals surface area contributed by atoms with Crippen LogP contribution in [0.2, 0.25) is 0 Å². The zero-order valence-corrected chi connectivity index (χ0v) is 23.0. The Balaban J connectivity index is 1.38. The molecule has 1 aliphatic carbocycles. The van der Waals surface area contributed by atoms with Gasteiger partial charge >= 0.3 is 0 Å². The van der Waals surface area contributed by atoms with Gasteiger partial charge < -0.3 is 31.1 Å². The Morgan fingerprint density at radius 2 is 1.95 bits per heavy atom. The first-order valence-corrected chi connectivity index (χ1v) is 13.6. The van der Waals surface area contributed by atoms with Crippen molar-refractivity contribution in [3.05, 3.63) is 77.8 Å². The standard InChI is InChI=1S/C30H38FN7O/c1-5-12-32-28(39)26-19-33-29(34-21-7-9-23(10-8-21)38-15-13-37(4)14-16-38)36-30(26,3)35-22-17-25-20(2)6-11-24(25)27(31)18-22/h5,7-10,17-20,35H,1,6,11-16H2,2-4H3,(H,32,39)(H2,33,34,36). The third-order valence-electron chi connectivity index (χ3n) is 7.84. The maximum atomic E-state index is 15.0. The van der Waals surface area contributed by atoms with Crippen molar-refractivity contribution in [3.63, 3.8) is 0 Å². The van der Waals surface area contributed by atoms with Gasteiger partial charge in [0.1, 0.15) is 5.82 Å². The van der Waals surface area contributed by atoms with Gasteiger partial charge in [0, 0.05) is 56.0 Å². The van der Waals surface area contributed by atoms with Crippen molar-refractivity contribution in [1.82, 2.24) is 15.5 Å². The molecule has 0 saturated carbocycles. The monoisotopic (exact) mass is 531 g/mol. The maximum Gasteiger partial charge on any atom is 0.253 e. The number of anilines is 3. The van der Waals surface area contributed by atoms with E-state index < -0.39 is 5.66 Å². The average molecular weight is 532 g/mol. The molecule has 0 bridgehead atoms. The van der Waals surface area contributed by atoms with Crippen molar-refractivity contribution in [1.29, 1.82) is 0 Å². The minimum Gasteiger partial charge on any atom is -0.369 e. The molecule has 39 heavy (non-hydrogen) atoms. The fourth-order valence-corrected chi connectivity index (χ4v) is 5.49. The van der Waals surface area contributed by atoms with Crippen molar-refractivity contribution in [2.24, 2.45) is 4.99 Å². The van der Waals surface area contributed by atoms with Gasteiger partial charge in [-0.3, -0.25) is 4.79 Å². The zero-order valence-electron chi connectivity index (χ0n) is 23.0. The van der Waals surface area contributed by atoms with Crippen molar-refractivity contribution in [2.75, 3.05) is 55.3 Å². The molecular formula is C30H38FN7O. The van der Waals surface area contributed by atoms with Crippen LogP contribution in [0.15, 0.2) is 65.8 Å². The van der Waals surface area contributed by atoms with Crippen LogP contribution in [0.25, 0.3) is 0 Å². The first kappa shape index (κ1) is 26.7. The Morgan fingerprint density at radius 3 is 2.67 bits per heavy atom. The van der Waals surface area contributed by atoms with Crippen LogP contribution in [0.1, 0.15) is 37.3 Å². The number of nitrogens with one attached hydrogen (secondary N) is 4. The fourth-order valence-electron chi connectivity index (χ4n) is 5.49. The molecular weight excluding hydrogens is 493 g/mol. The highest BCUT2D eigenvalue weighted by Crippen LogP contribution is 2.37. The van der Waals surface area contributed by atoms with Gasteiger partial charge in [-0.2, -0.15) is 0 Å². The number of benzene rings is 2. The van der Waals surface area contributed by atoms with Gasteiger partial charge in [0.15, 0.2) is 5.66 Å². The fraction of sp³-hybridized carbons (Fsp3) is 0.400. The summed E-state index contributed by atoms with van der Waals surface area (Å²) >= 11 is 0. The Bertz CT molecular complexity index is 1300. The zero-order chi connectivity index (χ0) is 27.6. The summed E-state index contributed by atoms with van der Waals surface area (Å²) in [5, 5.41) is 12.6. The van der Waals surface area contributed by atoms with Gasteiger partial charge in [-0.1, -0.05) is 13.0 Å². The molecule has 2 aromatic carbocycles. The summed E-state index contributed by atoms with van der Waals surface area (Å²) in [6.07, 6.45) is 4.95. The van der Waals surface area contributed by atoms with E-state index in [4.69, 9.17) is 4.99 Å². The molecule has 4 N–H and O–H groups in total. The van der Waals surface area contributed by atoms with Crippen LogP contribution in [0.4, 0.5) is 21.5 Å². The van der Waals surface area contributed by atoms with Gasteiger partial charge in [-0.25, -0.2) is 9.38 Å². The number of guanidine groups is 1. The SMILES string of the molecule is C=CCNC(=O)C1=CNC(Nc2ccc(N3CCN(C)CC3)cc2)=NC1(C)Nc1cc(F)c2c(c1)C(C)CC2. The molecule has 1 amide bonds. The lowest BCUT2D eigenvalue weighted by Gasteiger charge is -2.34. The number of fused-ring (bicyclic) bond motifs is 1. The highest BCUT2D eigenvalue weighted by atomic mass is 19.1. The quantitative estimate of drug-likeness (QED) is 0.404. The van der Waals surface area contributed by atoms with E-state index in [1.54, 1.807) is 12.3 Å². The summed E-state index contributed by atoms with van der Waals surface area (Å²) in [5.41, 5.74) is 3.68. The van der Waals surface area contributed by atoms with Gasteiger partial charge in [0.05, 0.1) is 5.57 Å². The summed E-state index contributed by atoms with van der Waals surface area (Å²) in [5.74, 6) is 0.262. The van der Waals surface area contributed by atoms with Crippen LogP contribution in [-0.4, -0.2) is 62.2 Å². The molecule has 2 aromatic rings. The number of aliphatic imine (C=N–C) groups is 1. The van der Waals surface area contributed by atoms with Crippen molar-refractivity contribution < 1.29 is 9.18 Å². The number of hydrogen-bond donors (Lipinski definition) is 4. The van der Waals surface area contributed by atoms with Gasteiger partial charge in [0.2, 0.25) is 5.96 Å².